The average molecular weight is 326 g/mol. The molecule has 2 N–H and O–H groups in total. The predicted molar refractivity (Wildman–Crippen MR) is 85.9 cm³/mol. The summed E-state index contributed by atoms with van der Waals surface area (Å²) in [7, 11) is 0. The Kier molecular flexibility index (Phi) is 2.43. The second kappa shape index (κ2) is 4.16. The van der Waals surface area contributed by atoms with Crippen LogP contribution in [0, 0.1) is 0 Å². The average Bonchev–Trinajstić information content (AvgIpc) is 2.95. The summed E-state index contributed by atoms with van der Waals surface area (Å²) in [5, 5.41) is 21.2. The summed E-state index contributed by atoms with van der Waals surface area (Å²) in [5.74, 6) is 1.03. The van der Waals surface area contributed by atoms with E-state index in [-0.39, 0.29) is 18.3 Å². The molecule has 2 aliphatic heterocycles. The molecule has 5 heteroatoms. The van der Waals surface area contributed by atoms with Crippen molar-refractivity contribution in [1.29, 1.82) is 0 Å². The van der Waals surface area contributed by atoms with Gasteiger partial charge in [-0.05, 0) is 29.3 Å². The highest BCUT2D eigenvalue weighted by atomic mass is 16.7. The van der Waals surface area contributed by atoms with Crippen LogP contribution >= 0.6 is 0 Å². The molecule has 5 nitrogen and oxygen atoms in total. The topological polar surface area (TPSA) is 68.2 Å². The molecular formula is C19H18O5. The number of aromatic hydroxyl groups is 1. The lowest BCUT2D eigenvalue weighted by Gasteiger charge is -2.36. The van der Waals surface area contributed by atoms with Gasteiger partial charge in [0.05, 0.1) is 0 Å². The van der Waals surface area contributed by atoms with Gasteiger partial charge in [0.1, 0.15) is 12.2 Å². The van der Waals surface area contributed by atoms with E-state index < -0.39 is 11.4 Å². The molecule has 0 amide bonds. The van der Waals surface area contributed by atoms with Gasteiger partial charge in [-0.2, -0.15) is 0 Å². The van der Waals surface area contributed by atoms with Gasteiger partial charge in [-0.25, -0.2) is 0 Å². The van der Waals surface area contributed by atoms with E-state index in [1.54, 1.807) is 12.1 Å². The third kappa shape index (κ3) is 1.73. The molecule has 2 aromatic carbocycles. The quantitative estimate of drug-likeness (QED) is 0.779. The first-order valence-electron chi connectivity index (χ1n) is 8.08. The highest BCUT2D eigenvalue weighted by Crippen LogP contribution is 2.55. The minimum atomic E-state index is -1.02. The van der Waals surface area contributed by atoms with Crippen molar-refractivity contribution < 1.29 is 24.4 Å². The second-order valence-electron chi connectivity index (χ2n) is 7.30. The van der Waals surface area contributed by atoms with E-state index in [1.807, 2.05) is 32.0 Å². The van der Waals surface area contributed by atoms with Crippen LogP contribution in [0.3, 0.4) is 0 Å². The van der Waals surface area contributed by atoms with E-state index >= 15 is 0 Å². The molecule has 0 radical (unpaired) electrons. The maximum atomic E-state index is 11.2. The Morgan fingerprint density at radius 2 is 1.83 bits per heavy atom. The number of rotatable bonds is 0. The fraction of sp³-hybridized carbons (Fsp3) is 0.368. The molecule has 0 saturated heterocycles. The van der Waals surface area contributed by atoms with Crippen LogP contribution in [0.15, 0.2) is 30.3 Å². The normalized spacial score (nSPS) is 27.9. The van der Waals surface area contributed by atoms with Crippen LogP contribution in [0.5, 0.6) is 23.0 Å². The molecule has 2 atom stereocenters. The van der Waals surface area contributed by atoms with E-state index in [0.717, 1.165) is 16.7 Å². The van der Waals surface area contributed by atoms with E-state index in [1.165, 1.54) is 0 Å². The van der Waals surface area contributed by atoms with Gasteiger partial charge in [-0.15, -0.1) is 0 Å². The lowest BCUT2D eigenvalue weighted by atomic mass is 9.80. The van der Waals surface area contributed by atoms with Crippen molar-refractivity contribution in [2.75, 3.05) is 6.61 Å². The number of hydrogen-bond donors (Lipinski definition) is 2. The lowest BCUT2D eigenvalue weighted by Crippen LogP contribution is -2.43. The SMILES string of the molecule is CC1(C)Oc2cc3c(cc2O1)[C@@H]1c2cccc(O)c2OC[C@]1(O)C3. The molecule has 0 bridgehead atoms. The minimum absolute atomic E-state index is 0.102. The van der Waals surface area contributed by atoms with Crippen molar-refractivity contribution in [3.8, 4) is 23.0 Å². The van der Waals surface area contributed by atoms with Gasteiger partial charge in [0.15, 0.2) is 23.0 Å². The van der Waals surface area contributed by atoms with E-state index in [4.69, 9.17) is 14.2 Å². The molecule has 3 aliphatic rings. The highest BCUT2D eigenvalue weighted by molar-refractivity contribution is 5.61. The molecule has 0 unspecified atom stereocenters. The van der Waals surface area contributed by atoms with Gasteiger partial charge in [0, 0.05) is 31.7 Å². The molecule has 0 fully saturated rings. The number of para-hydroxylation sites is 1. The van der Waals surface area contributed by atoms with E-state index in [2.05, 4.69) is 0 Å². The summed E-state index contributed by atoms with van der Waals surface area (Å²) in [4.78, 5) is 0. The number of aliphatic hydroxyl groups is 1. The van der Waals surface area contributed by atoms with Crippen LogP contribution < -0.4 is 14.2 Å². The molecule has 0 aromatic heterocycles. The molecule has 0 spiro atoms. The van der Waals surface area contributed by atoms with Crippen molar-refractivity contribution in [3.63, 3.8) is 0 Å². The molecule has 124 valence electrons. The summed E-state index contributed by atoms with van der Waals surface area (Å²) in [6.45, 7) is 3.89. The van der Waals surface area contributed by atoms with E-state index in [9.17, 15) is 10.2 Å². The van der Waals surface area contributed by atoms with Gasteiger partial charge in [-0.1, -0.05) is 12.1 Å². The zero-order chi connectivity index (χ0) is 16.7. The van der Waals surface area contributed by atoms with Crippen LogP contribution in [0.4, 0.5) is 0 Å². The van der Waals surface area contributed by atoms with Crippen molar-refractivity contribution in [2.45, 2.75) is 37.6 Å². The number of phenolic OH excluding ortho intramolecular Hbond substituents is 1. The van der Waals surface area contributed by atoms with Gasteiger partial charge < -0.3 is 24.4 Å². The molecule has 2 aromatic rings. The second-order valence-corrected chi connectivity index (χ2v) is 7.30. The maximum absolute atomic E-state index is 11.2. The first kappa shape index (κ1) is 14.0. The zero-order valence-electron chi connectivity index (χ0n) is 13.5. The third-order valence-electron chi connectivity index (χ3n) is 5.06. The van der Waals surface area contributed by atoms with Gasteiger partial charge in [0.2, 0.25) is 5.79 Å². The minimum Gasteiger partial charge on any atom is -0.504 e. The highest BCUT2D eigenvalue weighted by Gasteiger charge is 2.51. The predicted octanol–water partition coefficient (Wildman–Crippen LogP) is 2.71. The number of benzene rings is 2. The smallest absolute Gasteiger partial charge is 0.246 e. The Labute approximate surface area is 139 Å². The third-order valence-corrected chi connectivity index (χ3v) is 5.06. The van der Waals surface area contributed by atoms with Crippen LogP contribution in [-0.2, 0) is 6.42 Å². The summed E-state index contributed by atoms with van der Waals surface area (Å²) < 4.78 is 17.4. The number of fused-ring (bicyclic) bond motifs is 6. The van der Waals surface area contributed by atoms with Crippen molar-refractivity contribution in [2.24, 2.45) is 0 Å². The van der Waals surface area contributed by atoms with Gasteiger partial charge in [0.25, 0.3) is 0 Å². The summed E-state index contributed by atoms with van der Waals surface area (Å²) in [6, 6.07) is 9.19. The first-order chi connectivity index (χ1) is 11.4. The summed E-state index contributed by atoms with van der Waals surface area (Å²) in [5.41, 5.74) is 1.82. The summed E-state index contributed by atoms with van der Waals surface area (Å²) in [6.07, 6.45) is 0.485. The fourth-order valence-electron chi connectivity index (χ4n) is 4.19. The fourth-order valence-corrected chi connectivity index (χ4v) is 4.19. The Morgan fingerprint density at radius 1 is 1.08 bits per heavy atom. The monoisotopic (exact) mass is 326 g/mol. The standard InChI is InChI=1S/C19H18O5/c1-18(2)23-14-6-10-8-19(21)9-22-17-11(4-3-5-13(17)20)16(19)12(10)7-15(14)24-18/h3-7,16,20-21H,8-9H2,1-2H3/t16-,19+/m0/s1. The van der Waals surface area contributed by atoms with Gasteiger partial charge in [-0.3, -0.25) is 0 Å². The molecule has 5 rings (SSSR count). The van der Waals surface area contributed by atoms with Crippen LogP contribution in [0.1, 0.15) is 36.5 Å². The lowest BCUT2D eigenvalue weighted by molar-refractivity contribution is -0.0434. The largest absolute Gasteiger partial charge is 0.504 e. The molecule has 1 aliphatic carbocycles. The van der Waals surface area contributed by atoms with Crippen molar-refractivity contribution in [3.05, 3.63) is 47.0 Å². The number of phenols is 1. The number of ether oxygens (including phenoxy) is 3. The van der Waals surface area contributed by atoms with Gasteiger partial charge >= 0.3 is 0 Å². The Balaban J connectivity index is 1.69. The Bertz CT molecular complexity index is 872. The Morgan fingerprint density at radius 3 is 2.62 bits per heavy atom. The van der Waals surface area contributed by atoms with Crippen molar-refractivity contribution in [1.82, 2.24) is 0 Å². The van der Waals surface area contributed by atoms with Crippen LogP contribution in [0.25, 0.3) is 0 Å². The zero-order valence-corrected chi connectivity index (χ0v) is 13.5. The molecule has 0 saturated carbocycles. The molecular weight excluding hydrogens is 308 g/mol. The van der Waals surface area contributed by atoms with Crippen molar-refractivity contribution >= 4 is 0 Å². The first-order valence-corrected chi connectivity index (χ1v) is 8.08. The Hall–Kier alpha value is -2.40. The van der Waals surface area contributed by atoms with Crippen LogP contribution in [-0.4, -0.2) is 28.2 Å². The van der Waals surface area contributed by atoms with Crippen LogP contribution in [0.2, 0.25) is 0 Å². The van der Waals surface area contributed by atoms with E-state index in [0.29, 0.717) is 23.7 Å². The summed E-state index contributed by atoms with van der Waals surface area (Å²) >= 11 is 0. The molecule has 2 heterocycles. The maximum Gasteiger partial charge on any atom is 0.246 e. The molecule has 24 heavy (non-hydrogen) atoms. The number of hydrogen-bond acceptors (Lipinski definition) is 5.